The van der Waals surface area contributed by atoms with E-state index < -0.39 is 11.9 Å². The fourth-order valence-corrected chi connectivity index (χ4v) is 2.94. The molecule has 1 heterocycles. The van der Waals surface area contributed by atoms with Crippen molar-refractivity contribution in [2.45, 2.75) is 20.4 Å². The van der Waals surface area contributed by atoms with Crippen molar-refractivity contribution in [3.05, 3.63) is 95.0 Å². The van der Waals surface area contributed by atoms with Crippen LogP contribution in [0.4, 0.5) is 0 Å². The standard InChI is InChI=1S/C27H24N2O5/c1-3-32-25-16-21(15-22(17-28)27(31)29-18-23-5-4-14-33-23)10-12-24(25)34-26(30)13-11-20-8-6-19(2)7-9-20/h4-16H,3,18H2,1-2H3,(H,29,31)/b13-11+,22-15+. The first-order valence-electron chi connectivity index (χ1n) is 10.6. The summed E-state index contributed by atoms with van der Waals surface area (Å²) in [5.41, 5.74) is 2.47. The molecule has 34 heavy (non-hydrogen) atoms. The summed E-state index contributed by atoms with van der Waals surface area (Å²) < 4.78 is 16.2. The molecule has 3 aromatic rings. The van der Waals surface area contributed by atoms with Gasteiger partial charge in [-0.05, 0) is 61.4 Å². The quantitative estimate of drug-likeness (QED) is 0.214. The molecule has 0 aliphatic heterocycles. The highest BCUT2D eigenvalue weighted by atomic mass is 16.6. The highest BCUT2D eigenvalue weighted by molar-refractivity contribution is 6.01. The molecule has 0 bridgehead atoms. The third-order valence-corrected chi connectivity index (χ3v) is 4.65. The first-order valence-corrected chi connectivity index (χ1v) is 10.6. The largest absolute Gasteiger partial charge is 0.490 e. The third-order valence-electron chi connectivity index (χ3n) is 4.65. The van der Waals surface area contributed by atoms with Gasteiger partial charge in [-0.15, -0.1) is 0 Å². The number of hydrogen-bond donors (Lipinski definition) is 1. The van der Waals surface area contributed by atoms with Crippen LogP contribution in [0.1, 0.15) is 29.4 Å². The fraction of sp³-hybridized carbons (Fsp3) is 0.148. The maximum Gasteiger partial charge on any atom is 0.336 e. The third kappa shape index (κ3) is 6.97. The monoisotopic (exact) mass is 456 g/mol. The van der Waals surface area contributed by atoms with E-state index in [1.54, 1.807) is 43.3 Å². The van der Waals surface area contributed by atoms with Crippen molar-refractivity contribution in [1.29, 1.82) is 5.26 Å². The zero-order valence-corrected chi connectivity index (χ0v) is 18.9. The van der Waals surface area contributed by atoms with Gasteiger partial charge >= 0.3 is 5.97 Å². The summed E-state index contributed by atoms with van der Waals surface area (Å²) in [7, 11) is 0. The lowest BCUT2D eigenvalue weighted by atomic mass is 10.1. The normalized spacial score (nSPS) is 11.1. The molecular formula is C27H24N2O5. The number of nitrogens with one attached hydrogen (secondary N) is 1. The van der Waals surface area contributed by atoms with Gasteiger partial charge in [-0.3, -0.25) is 4.79 Å². The number of esters is 1. The Balaban J connectivity index is 1.71. The van der Waals surface area contributed by atoms with Gasteiger partial charge in [0.25, 0.3) is 5.91 Å². The number of furan rings is 1. The molecule has 7 nitrogen and oxygen atoms in total. The first kappa shape index (κ1) is 24.1. The Labute approximate surface area is 197 Å². The van der Waals surface area contributed by atoms with Gasteiger partial charge in [-0.2, -0.15) is 5.26 Å². The van der Waals surface area contributed by atoms with Gasteiger partial charge in [0.1, 0.15) is 17.4 Å². The second kappa shape index (κ2) is 11.9. The van der Waals surface area contributed by atoms with E-state index in [9.17, 15) is 14.9 Å². The van der Waals surface area contributed by atoms with E-state index in [4.69, 9.17) is 13.9 Å². The van der Waals surface area contributed by atoms with E-state index in [1.807, 2.05) is 37.3 Å². The highest BCUT2D eigenvalue weighted by Crippen LogP contribution is 2.29. The predicted molar refractivity (Wildman–Crippen MR) is 128 cm³/mol. The fourth-order valence-electron chi connectivity index (χ4n) is 2.94. The molecular weight excluding hydrogens is 432 g/mol. The molecule has 1 N–H and O–H groups in total. The summed E-state index contributed by atoms with van der Waals surface area (Å²) in [5.74, 6) is 0.0419. The van der Waals surface area contributed by atoms with Crippen LogP contribution in [-0.2, 0) is 16.1 Å². The number of nitriles is 1. The maximum absolute atomic E-state index is 12.4. The van der Waals surface area contributed by atoms with Crippen molar-refractivity contribution in [3.8, 4) is 17.6 Å². The number of rotatable bonds is 9. The summed E-state index contributed by atoms with van der Waals surface area (Å²) >= 11 is 0. The average molecular weight is 456 g/mol. The van der Waals surface area contributed by atoms with Crippen molar-refractivity contribution in [1.82, 2.24) is 5.32 Å². The van der Waals surface area contributed by atoms with Crippen LogP contribution in [0.25, 0.3) is 12.2 Å². The second-order valence-corrected chi connectivity index (χ2v) is 7.24. The molecule has 0 unspecified atom stereocenters. The Hall–Kier alpha value is -4.57. The molecule has 0 spiro atoms. The van der Waals surface area contributed by atoms with Crippen LogP contribution >= 0.6 is 0 Å². The van der Waals surface area contributed by atoms with Crippen molar-refractivity contribution in [2.24, 2.45) is 0 Å². The highest BCUT2D eigenvalue weighted by Gasteiger charge is 2.13. The molecule has 1 aromatic heterocycles. The molecule has 7 heteroatoms. The zero-order valence-electron chi connectivity index (χ0n) is 18.9. The lowest BCUT2D eigenvalue weighted by Crippen LogP contribution is -2.23. The lowest BCUT2D eigenvalue weighted by molar-refractivity contribution is -0.129. The smallest absolute Gasteiger partial charge is 0.336 e. The number of benzene rings is 2. The van der Waals surface area contributed by atoms with Gasteiger partial charge in [-0.25, -0.2) is 4.79 Å². The molecule has 0 saturated heterocycles. The van der Waals surface area contributed by atoms with Crippen molar-refractivity contribution in [3.63, 3.8) is 0 Å². The van der Waals surface area contributed by atoms with Crippen LogP contribution in [0.3, 0.4) is 0 Å². The molecule has 0 saturated carbocycles. The van der Waals surface area contributed by atoms with Crippen LogP contribution in [-0.4, -0.2) is 18.5 Å². The minimum atomic E-state index is -0.556. The van der Waals surface area contributed by atoms with Gasteiger partial charge in [0.2, 0.25) is 0 Å². The average Bonchev–Trinajstić information content (AvgIpc) is 3.36. The minimum absolute atomic E-state index is 0.0835. The van der Waals surface area contributed by atoms with E-state index in [1.165, 1.54) is 18.4 Å². The summed E-state index contributed by atoms with van der Waals surface area (Å²) in [6.07, 6.45) is 5.94. The number of carbonyl (C=O) groups excluding carboxylic acids is 2. The van der Waals surface area contributed by atoms with E-state index in [-0.39, 0.29) is 17.9 Å². The predicted octanol–water partition coefficient (Wildman–Crippen LogP) is 4.83. The number of ether oxygens (including phenoxy) is 2. The number of aryl methyl sites for hydroxylation is 1. The van der Waals surface area contributed by atoms with Crippen LogP contribution in [0.2, 0.25) is 0 Å². The van der Waals surface area contributed by atoms with E-state index in [2.05, 4.69) is 5.32 Å². The lowest BCUT2D eigenvalue weighted by Gasteiger charge is -2.11. The topological polar surface area (TPSA) is 102 Å². The van der Waals surface area contributed by atoms with Gasteiger partial charge in [0.05, 0.1) is 19.4 Å². The van der Waals surface area contributed by atoms with Crippen molar-refractivity contribution in [2.75, 3.05) is 6.61 Å². The van der Waals surface area contributed by atoms with Gasteiger partial charge in [0.15, 0.2) is 11.5 Å². The Morgan fingerprint density at radius 1 is 1.09 bits per heavy atom. The Kier molecular flexibility index (Phi) is 8.42. The molecule has 1 amide bonds. The molecule has 0 aliphatic rings. The number of hydrogen-bond acceptors (Lipinski definition) is 6. The van der Waals surface area contributed by atoms with Crippen molar-refractivity contribution >= 4 is 24.0 Å². The molecule has 0 aliphatic carbocycles. The molecule has 172 valence electrons. The maximum atomic E-state index is 12.4. The number of carbonyl (C=O) groups is 2. The first-order chi connectivity index (χ1) is 16.5. The van der Waals surface area contributed by atoms with Crippen molar-refractivity contribution < 1.29 is 23.5 Å². The van der Waals surface area contributed by atoms with E-state index in [0.717, 1.165) is 11.1 Å². The van der Waals surface area contributed by atoms with E-state index >= 15 is 0 Å². The summed E-state index contributed by atoms with van der Waals surface area (Å²) in [4.78, 5) is 24.6. The molecule has 3 rings (SSSR count). The molecule has 0 radical (unpaired) electrons. The van der Waals surface area contributed by atoms with E-state index in [0.29, 0.717) is 23.7 Å². The summed E-state index contributed by atoms with van der Waals surface area (Å²) in [5, 5.41) is 12.1. The minimum Gasteiger partial charge on any atom is -0.490 e. The Morgan fingerprint density at radius 3 is 2.53 bits per heavy atom. The second-order valence-electron chi connectivity index (χ2n) is 7.24. The summed E-state index contributed by atoms with van der Waals surface area (Å²) in [6, 6.07) is 17.9. The van der Waals surface area contributed by atoms with Gasteiger partial charge < -0.3 is 19.2 Å². The van der Waals surface area contributed by atoms with Gasteiger partial charge in [0, 0.05) is 6.08 Å². The Morgan fingerprint density at radius 2 is 1.85 bits per heavy atom. The molecule has 2 aromatic carbocycles. The number of nitrogens with zero attached hydrogens (tertiary/aromatic N) is 1. The zero-order chi connectivity index (χ0) is 24.3. The van der Waals surface area contributed by atoms with Crippen LogP contribution in [0.5, 0.6) is 11.5 Å². The Bertz CT molecular complexity index is 1230. The van der Waals surface area contributed by atoms with Crippen LogP contribution in [0.15, 0.2) is 76.9 Å². The SMILES string of the molecule is CCOc1cc(/C=C(\C#N)C(=O)NCc2ccco2)ccc1OC(=O)/C=C/c1ccc(C)cc1. The number of amides is 1. The molecule has 0 fully saturated rings. The van der Waals surface area contributed by atoms with Crippen LogP contribution in [0, 0.1) is 18.3 Å². The van der Waals surface area contributed by atoms with Gasteiger partial charge in [-0.1, -0.05) is 35.9 Å². The van der Waals surface area contributed by atoms with Crippen LogP contribution < -0.4 is 14.8 Å². The molecule has 0 atom stereocenters. The summed E-state index contributed by atoms with van der Waals surface area (Å²) in [6.45, 7) is 4.29.